The van der Waals surface area contributed by atoms with Gasteiger partial charge in [-0.3, -0.25) is 0 Å². The Balaban J connectivity index is 1.75. The van der Waals surface area contributed by atoms with Gasteiger partial charge in [-0.25, -0.2) is 0 Å². The lowest BCUT2D eigenvalue weighted by Crippen LogP contribution is -2.27. The van der Waals surface area contributed by atoms with Gasteiger partial charge in [0.1, 0.15) is 5.75 Å². The van der Waals surface area contributed by atoms with Crippen LogP contribution in [0.2, 0.25) is 0 Å². The normalized spacial score (nSPS) is 17.0. The van der Waals surface area contributed by atoms with Gasteiger partial charge >= 0.3 is 6.36 Å². The number of alkyl halides is 3. The first kappa shape index (κ1) is 15.2. The van der Waals surface area contributed by atoms with E-state index in [2.05, 4.69) is 10.1 Å². The van der Waals surface area contributed by atoms with Crippen LogP contribution < -0.4 is 10.1 Å². The molecule has 1 saturated carbocycles. The first-order valence-electron chi connectivity index (χ1n) is 7.00. The summed E-state index contributed by atoms with van der Waals surface area (Å²) in [7, 11) is 1.99. The lowest BCUT2D eigenvalue weighted by atomic mass is 10.0. The van der Waals surface area contributed by atoms with Crippen LogP contribution in [0, 0.1) is 5.92 Å². The second-order valence-electron chi connectivity index (χ2n) is 5.32. The summed E-state index contributed by atoms with van der Waals surface area (Å²) in [6.45, 7) is 0. The molecule has 2 rings (SSSR count). The van der Waals surface area contributed by atoms with E-state index in [1.165, 1.54) is 25.0 Å². The van der Waals surface area contributed by atoms with Crippen molar-refractivity contribution in [3.63, 3.8) is 0 Å². The highest BCUT2D eigenvalue weighted by molar-refractivity contribution is 5.27. The average Bonchev–Trinajstić information content (AvgIpc) is 3.19. The maximum Gasteiger partial charge on any atom is 0.573 e. The number of aryl methyl sites for hydroxylation is 1. The van der Waals surface area contributed by atoms with E-state index in [4.69, 9.17) is 0 Å². The maximum absolute atomic E-state index is 12.0. The fourth-order valence-electron chi connectivity index (χ4n) is 2.50. The van der Waals surface area contributed by atoms with Gasteiger partial charge in [-0.2, -0.15) is 0 Å². The molecular formula is C15H20F3NO. The van der Waals surface area contributed by atoms with E-state index in [9.17, 15) is 13.2 Å². The molecule has 1 aromatic carbocycles. The van der Waals surface area contributed by atoms with Gasteiger partial charge in [-0.1, -0.05) is 12.1 Å². The molecule has 0 saturated heterocycles. The third-order valence-corrected chi connectivity index (χ3v) is 3.70. The smallest absolute Gasteiger partial charge is 0.406 e. The van der Waals surface area contributed by atoms with Crippen molar-refractivity contribution in [2.45, 2.75) is 44.5 Å². The van der Waals surface area contributed by atoms with Crippen LogP contribution in [0.3, 0.4) is 0 Å². The Hall–Kier alpha value is -1.23. The van der Waals surface area contributed by atoms with Crippen molar-refractivity contribution in [3.05, 3.63) is 29.8 Å². The molecule has 0 amide bonds. The van der Waals surface area contributed by atoms with E-state index in [-0.39, 0.29) is 5.75 Å². The van der Waals surface area contributed by atoms with Crippen LogP contribution in [0.4, 0.5) is 13.2 Å². The molecule has 2 nitrogen and oxygen atoms in total. The third kappa shape index (κ3) is 5.04. The molecule has 0 heterocycles. The van der Waals surface area contributed by atoms with E-state index in [1.54, 1.807) is 12.1 Å². The summed E-state index contributed by atoms with van der Waals surface area (Å²) < 4.78 is 39.9. The summed E-state index contributed by atoms with van der Waals surface area (Å²) in [5.41, 5.74) is 1.05. The first-order chi connectivity index (χ1) is 9.48. The van der Waals surface area contributed by atoms with E-state index < -0.39 is 6.36 Å². The molecule has 0 aromatic heterocycles. The van der Waals surface area contributed by atoms with Crippen molar-refractivity contribution < 1.29 is 17.9 Å². The van der Waals surface area contributed by atoms with Crippen LogP contribution in [0.5, 0.6) is 5.75 Å². The van der Waals surface area contributed by atoms with E-state index >= 15 is 0 Å². The molecule has 20 heavy (non-hydrogen) atoms. The number of benzene rings is 1. The number of hydrogen-bond donors (Lipinski definition) is 1. The van der Waals surface area contributed by atoms with Gasteiger partial charge in [0.05, 0.1) is 0 Å². The SMILES string of the molecule is CNC(CCCc1ccc(OC(F)(F)F)cc1)C1CC1. The van der Waals surface area contributed by atoms with Crippen LogP contribution in [-0.4, -0.2) is 19.5 Å². The topological polar surface area (TPSA) is 21.3 Å². The molecule has 0 spiro atoms. The van der Waals surface area contributed by atoms with Gasteiger partial charge in [0, 0.05) is 6.04 Å². The van der Waals surface area contributed by atoms with Gasteiger partial charge in [0.2, 0.25) is 0 Å². The van der Waals surface area contributed by atoms with Crippen LogP contribution in [0.15, 0.2) is 24.3 Å². The van der Waals surface area contributed by atoms with Gasteiger partial charge in [0.15, 0.2) is 0 Å². The number of ether oxygens (including phenoxy) is 1. The van der Waals surface area contributed by atoms with Gasteiger partial charge in [0.25, 0.3) is 0 Å². The highest BCUT2D eigenvalue weighted by atomic mass is 19.4. The Kier molecular flexibility index (Phi) is 4.91. The van der Waals surface area contributed by atoms with Gasteiger partial charge in [-0.15, -0.1) is 13.2 Å². The molecule has 0 aliphatic heterocycles. The largest absolute Gasteiger partial charge is 0.573 e. The first-order valence-corrected chi connectivity index (χ1v) is 7.00. The lowest BCUT2D eigenvalue weighted by molar-refractivity contribution is -0.274. The van der Waals surface area contributed by atoms with Crippen LogP contribution >= 0.6 is 0 Å². The highest BCUT2D eigenvalue weighted by Crippen LogP contribution is 2.34. The van der Waals surface area contributed by atoms with E-state index in [0.717, 1.165) is 30.7 Å². The zero-order valence-corrected chi connectivity index (χ0v) is 11.5. The van der Waals surface area contributed by atoms with Crippen molar-refractivity contribution in [2.75, 3.05) is 7.05 Å². The fraction of sp³-hybridized carbons (Fsp3) is 0.600. The molecule has 1 unspecified atom stereocenters. The monoisotopic (exact) mass is 287 g/mol. The number of rotatable bonds is 7. The molecule has 0 bridgehead atoms. The second kappa shape index (κ2) is 6.48. The summed E-state index contributed by atoms with van der Waals surface area (Å²) in [6.07, 6.45) is 1.05. The third-order valence-electron chi connectivity index (χ3n) is 3.70. The van der Waals surface area contributed by atoms with Crippen LogP contribution in [0.25, 0.3) is 0 Å². The van der Waals surface area contributed by atoms with Gasteiger partial charge < -0.3 is 10.1 Å². The quantitative estimate of drug-likeness (QED) is 0.821. The predicted molar refractivity (Wildman–Crippen MR) is 71.6 cm³/mol. The minimum absolute atomic E-state index is 0.160. The Morgan fingerprint density at radius 2 is 1.90 bits per heavy atom. The zero-order chi connectivity index (χ0) is 14.6. The Morgan fingerprint density at radius 1 is 1.25 bits per heavy atom. The molecule has 1 aromatic rings. The Labute approximate surface area is 117 Å². The molecule has 5 heteroatoms. The minimum Gasteiger partial charge on any atom is -0.406 e. The van der Waals surface area contributed by atoms with Crippen LogP contribution in [-0.2, 0) is 6.42 Å². The summed E-state index contributed by atoms with van der Waals surface area (Å²) >= 11 is 0. The lowest BCUT2D eigenvalue weighted by Gasteiger charge is -2.15. The number of hydrogen-bond acceptors (Lipinski definition) is 2. The highest BCUT2D eigenvalue weighted by Gasteiger charge is 2.31. The summed E-state index contributed by atoms with van der Waals surface area (Å²) in [5, 5.41) is 3.34. The molecular weight excluding hydrogens is 267 g/mol. The molecule has 1 atom stereocenters. The van der Waals surface area contributed by atoms with Crippen molar-refractivity contribution in [2.24, 2.45) is 5.92 Å². The second-order valence-corrected chi connectivity index (χ2v) is 5.32. The fourth-order valence-corrected chi connectivity index (χ4v) is 2.50. The molecule has 1 aliphatic rings. The minimum atomic E-state index is -4.62. The van der Waals surface area contributed by atoms with Crippen molar-refractivity contribution in [1.82, 2.24) is 5.32 Å². The van der Waals surface area contributed by atoms with E-state index in [0.29, 0.717) is 6.04 Å². The van der Waals surface area contributed by atoms with Crippen molar-refractivity contribution in [1.29, 1.82) is 0 Å². The Morgan fingerprint density at radius 3 is 2.40 bits per heavy atom. The van der Waals surface area contributed by atoms with Crippen molar-refractivity contribution in [3.8, 4) is 5.75 Å². The summed E-state index contributed by atoms with van der Waals surface area (Å²) in [6, 6.07) is 6.74. The number of halogens is 3. The Bertz CT molecular complexity index is 412. The number of nitrogens with one attached hydrogen (secondary N) is 1. The predicted octanol–water partition coefficient (Wildman–Crippen LogP) is 3.91. The standard InChI is InChI=1S/C15H20F3NO/c1-19-14(12-7-8-12)4-2-3-11-5-9-13(10-6-11)20-15(16,17)18/h5-6,9-10,12,14,19H,2-4,7-8H2,1H3. The maximum atomic E-state index is 12.0. The van der Waals surface area contributed by atoms with Crippen LogP contribution in [0.1, 0.15) is 31.2 Å². The van der Waals surface area contributed by atoms with Gasteiger partial charge in [-0.05, 0) is 62.8 Å². The molecule has 1 aliphatic carbocycles. The molecule has 1 fully saturated rings. The van der Waals surface area contributed by atoms with E-state index in [1.807, 2.05) is 7.05 Å². The summed E-state index contributed by atoms with van der Waals surface area (Å²) in [5.74, 6) is 0.662. The van der Waals surface area contributed by atoms with Crippen molar-refractivity contribution >= 4 is 0 Å². The molecule has 0 radical (unpaired) electrons. The summed E-state index contributed by atoms with van der Waals surface area (Å²) in [4.78, 5) is 0. The molecule has 112 valence electrons. The average molecular weight is 287 g/mol. The zero-order valence-electron chi connectivity index (χ0n) is 11.5. The molecule has 1 N–H and O–H groups in total.